The second-order valence-electron chi connectivity index (χ2n) is 12.9. The molecule has 0 aliphatic carbocycles. The third-order valence-electron chi connectivity index (χ3n) is 9.58. The van der Waals surface area contributed by atoms with Gasteiger partial charge in [0.15, 0.2) is 0 Å². The molecule has 8 atom stereocenters. The summed E-state index contributed by atoms with van der Waals surface area (Å²) in [5.41, 5.74) is 0.257. The highest BCUT2D eigenvalue weighted by atomic mass is 32.2. The molecule has 3 amide bonds. The zero-order valence-electron chi connectivity index (χ0n) is 25.5. The fourth-order valence-electron chi connectivity index (χ4n) is 7.40. The Morgan fingerprint density at radius 1 is 1.17 bits per heavy atom. The Hall–Kier alpha value is -2.58. The predicted octanol–water partition coefficient (Wildman–Crippen LogP) is 4.76. The van der Waals surface area contributed by atoms with Crippen molar-refractivity contribution in [3.05, 3.63) is 55.6 Å². The number of nitrogens with zero attached hydrogens (tertiary/aromatic N) is 3. The number of aliphatic hydroxyl groups is 1. The van der Waals surface area contributed by atoms with Crippen LogP contribution in [0.4, 0.5) is 5.69 Å². The minimum Gasteiger partial charge on any atom is -0.394 e. The number of rotatable bonds is 11. The van der Waals surface area contributed by atoms with E-state index in [1.807, 2.05) is 65.0 Å². The Labute approximate surface area is 250 Å². The first-order chi connectivity index (χ1) is 19.4. The molecule has 0 saturated carbocycles. The van der Waals surface area contributed by atoms with Crippen molar-refractivity contribution in [2.24, 2.45) is 23.7 Å². The number of para-hydroxylation sites is 1. The number of thioether (sulfide) groups is 1. The van der Waals surface area contributed by atoms with Crippen LogP contribution in [0.25, 0.3) is 0 Å². The molecular weight excluding hydrogens is 534 g/mol. The third kappa shape index (κ3) is 5.05. The number of anilines is 1. The number of fused-ring (bicyclic) bond motifs is 1. The number of carbonyl (C=O) groups excluding carboxylic acids is 3. The molecule has 1 aromatic rings. The van der Waals surface area contributed by atoms with Crippen molar-refractivity contribution in [3.8, 4) is 0 Å². The molecule has 1 N–H and O–H groups in total. The third-order valence-corrected chi connectivity index (χ3v) is 11.7. The van der Waals surface area contributed by atoms with E-state index in [4.69, 9.17) is 0 Å². The van der Waals surface area contributed by atoms with Gasteiger partial charge in [0.25, 0.3) is 0 Å². The van der Waals surface area contributed by atoms with Crippen molar-refractivity contribution in [2.75, 3.05) is 24.6 Å². The van der Waals surface area contributed by atoms with Gasteiger partial charge in [0, 0.05) is 29.6 Å². The van der Waals surface area contributed by atoms with Gasteiger partial charge in [-0.15, -0.1) is 24.9 Å². The molecule has 0 aromatic heterocycles. The first-order valence-corrected chi connectivity index (χ1v) is 15.8. The van der Waals surface area contributed by atoms with Crippen molar-refractivity contribution in [1.82, 2.24) is 9.80 Å². The standard InChI is InChI=1S/C33H47N3O4S/c1-9-17-34(23-15-13-12-14-16-23)29(38)26-25-19-22(5)33(41-25)27(26)30(39)36(24(20-37)21(4)11-3)28(33)31(40)35(18-10-2)32(6,7)8/h9-10,12-16,21-22,24-28,37H,1-2,11,17-20H2,3-8H3/t21-,22?,24-,25+,26-,27-,28?,33?/m0/s1. The van der Waals surface area contributed by atoms with Crippen molar-refractivity contribution >= 4 is 35.2 Å². The summed E-state index contributed by atoms with van der Waals surface area (Å²) in [4.78, 5) is 49.2. The van der Waals surface area contributed by atoms with Gasteiger partial charge in [-0.2, -0.15) is 0 Å². The molecule has 3 unspecified atom stereocenters. The topological polar surface area (TPSA) is 81.2 Å². The van der Waals surface area contributed by atoms with Gasteiger partial charge in [-0.25, -0.2) is 0 Å². The molecule has 3 heterocycles. The maximum atomic E-state index is 14.8. The molecule has 2 bridgehead atoms. The largest absolute Gasteiger partial charge is 0.394 e. The van der Waals surface area contributed by atoms with Crippen LogP contribution in [0.15, 0.2) is 55.6 Å². The summed E-state index contributed by atoms with van der Waals surface area (Å²) >= 11 is 1.67. The summed E-state index contributed by atoms with van der Waals surface area (Å²) in [5, 5.41) is 10.6. The Morgan fingerprint density at radius 3 is 2.34 bits per heavy atom. The Bertz CT molecular complexity index is 1170. The first kappa shape index (κ1) is 31.4. The summed E-state index contributed by atoms with van der Waals surface area (Å²) in [6.45, 7) is 20.4. The molecule has 3 fully saturated rings. The van der Waals surface area contributed by atoms with E-state index in [2.05, 4.69) is 20.1 Å². The molecule has 1 spiro atoms. The molecule has 4 rings (SSSR count). The second kappa shape index (κ2) is 12.0. The molecule has 224 valence electrons. The second-order valence-corrected chi connectivity index (χ2v) is 14.5. The van der Waals surface area contributed by atoms with Crippen LogP contribution in [-0.4, -0.2) is 79.9 Å². The van der Waals surface area contributed by atoms with Crippen molar-refractivity contribution < 1.29 is 19.5 Å². The average molecular weight is 582 g/mol. The lowest BCUT2D eigenvalue weighted by atomic mass is 9.65. The lowest BCUT2D eigenvalue weighted by molar-refractivity contribution is -0.149. The summed E-state index contributed by atoms with van der Waals surface area (Å²) < 4.78 is -0.763. The number of carbonyl (C=O) groups is 3. The minimum absolute atomic E-state index is 0.0230. The number of hydrogen-bond acceptors (Lipinski definition) is 5. The minimum atomic E-state index is -0.780. The summed E-state index contributed by atoms with van der Waals surface area (Å²) in [6, 6.07) is 8.20. The molecule has 0 radical (unpaired) electrons. The average Bonchev–Trinajstić information content (AvgIpc) is 3.53. The molecule has 41 heavy (non-hydrogen) atoms. The van der Waals surface area contributed by atoms with Gasteiger partial charge in [0.2, 0.25) is 17.7 Å². The molecule has 1 aromatic carbocycles. The van der Waals surface area contributed by atoms with Gasteiger partial charge >= 0.3 is 0 Å². The monoisotopic (exact) mass is 581 g/mol. The highest BCUT2D eigenvalue weighted by Gasteiger charge is 2.77. The molecule has 3 aliphatic heterocycles. The molecule has 7 nitrogen and oxygen atoms in total. The van der Waals surface area contributed by atoms with Gasteiger partial charge in [-0.05, 0) is 51.2 Å². The molecule has 8 heteroatoms. The van der Waals surface area contributed by atoms with Crippen LogP contribution in [0.2, 0.25) is 0 Å². The van der Waals surface area contributed by atoms with Crippen LogP contribution in [-0.2, 0) is 14.4 Å². The lowest BCUT2D eigenvalue weighted by Crippen LogP contribution is -2.62. The number of amides is 3. The zero-order valence-corrected chi connectivity index (χ0v) is 26.3. The molecular formula is C33H47N3O4S. The number of aliphatic hydroxyl groups excluding tert-OH is 1. The van der Waals surface area contributed by atoms with Crippen molar-refractivity contribution in [2.45, 2.75) is 82.0 Å². The smallest absolute Gasteiger partial charge is 0.247 e. The number of hydrogen-bond donors (Lipinski definition) is 1. The van der Waals surface area contributed by atoms with Crippen LogP contribution < -0.4 is 4.90 Å². The van der Waals surface area contributed by atoms with E-state index >= 15 is 0 Å². The normalized spacial score (nSPS) is 30.1. The van der Waals surface area contributed by atoms with Crippen LogP contribution in [0.1, 0.15) is 54.4 Å². The van der Waals surface area contributed by atoms with E-state index in [0.717, 1.165) is 18.5 Å². The van der Waals surface area contributed by atoms with Gasteiger partial charge in [-0.1, -0.05) is 57.5 Å². The van der Waals surface area contributed by atoms with E-state index in [-0.39, 0.29) is 41.4 Å². The van der Waals surface area contributed by atoms with Gasteiger partial charge in [-0.3, -0.25) is 14.4 Å². The highest BCUT2D eigenvalue weighted by molar-refractivity contribution is 8.02. The van der Waals surface area contributed by atoms with Gasteiger partial charge in [0.05, 0.1) is 29.2 Å². The maximum absolute atomic E-state index is 14.8. The number of likely N-dealkylation sites (tertiary alicyclic amines) is 1. The highest BCUT2D eigenvalue weighted by Crippen LogP contribution is 2.69. The molecule has 3 saturated heterocycles. The van der Waals surface area contributed by atoms with E-state index in [1.165, 1.54) is 0 Å². The Balaban J connectivity index is 1.87. The number of benzene rings is 1. The van der Waals surface area contributed by atoms with E-state index in [9.17, 15) is 19.5 Å². The fraction of sp³-hybridized carbons (Fsp3) is 0.606. The maximum Gasteiger partial charge on any atom is 0.247 e. The summed E-state index contributed by atoms with van der Waals surface area (Å²) in [5.74, 6) is -1.61. The van der Waals surface area contributed by atoms with Crippen LogP contribution in [0.5, 0.6) is 0 Å². The lowest BCUT2D eigenvalue weighted by Gasteiger charge is -2.45. The Morgan fingerprint density at radius 2 is 1.80 bits per heavy atom. The van der Waals surface area contributed by atoms with Crippen molar-refractivity contribution in [3.63, 3.8) is 0 Å². The van der Waals surface area contributed by atoms with Crippen LogP contribution in [0, 0.1) is 23.7 Å². The first-order valence-electron chi connectivity index (χ1n) is 14.9. The predicted molar refractivity (Wildman–Crippen MR) is 166 cm³/mol. The van der Waals surface area contributed by atoms with Gasteiger partial charge in [0.1, 0.15) is 6.04 Å². The summed E-state index contributed by atoms with van der Waals surface area (Å²) in [7, 11) is 0. The van der Waals surface area contributed by atoms with Crippen LogP contribution >= 0.6 is 11.8 Å². The fourth-order valence-corrected chi connectivity index (χ4v) is 9.80. The van der Waals surface area contributed by atoms with Gasteiger partial charge < -0.3 is 19.8 Å². The molecule has 3 aliphatic rings. The summed E-state index contributed by atoms with van der Waals surface area (Å²) in [6.07, 6.45) is 4.93. The van der Waals surface area contributed by atoms with E-state index in [1.54, 1.807) is 38.6 Å². The zero-order chi connectivity index (χ0) is 30.3. The quantitative estimate of drug-likeness (QED) is 0.381. The Kier molecular flexibility index (Phi) is 9.15. The van der Waals surface area contributed by atoms with Crippen molar-refractivity contribution in [1.29, 1.82) is 0 Å². The van der Waals surface area contributed by atoms with E-state index < -0.39 is 34.2 Å². The van der Waals surface area contributed by atoms with Crippen LogP contribution in [0.3, 0.4) is 0 Å². The van der Waals surface area contributed by atoms with E-state index in [0.29, 0.717) is 13.1 Å². The SMILES string of the molecule is C=CCN(C(=O)[C@@H]1[C@H]2C(=O)N([C@@H](CO)[C@@H](C)CC)C(C(=O)N(CC=C)C(C)(C)C)C23S[C@@H]1CC3C)c1ccccc1.